The van der Waals surface area contributed by atoms with E-state index in [1.165, 1.54) is 89.9 Å². The number of hydrogen-bond donors (Lipinski definition) is 1. The molecule has 3 heteroatoms. The van der Waals surface area contributed by atoms with E-state index in [0.29, 0.717) is 13.0 Å². The summed E-state index contributed by atoms with van der Waals surface area (Å²) in [5.41, 5.74) is 2.18. The van der Waals surface area contributed by atoms with Crippen molar-refractivity contribution in [3.05, 3.63) is 29.8 Å². The largest absolute Gasteiger partial charge is 0.461 e. The number of benzene rings is 1. The van der Waals surface area contributed by atoms with Gasteiger partial charge in [-0.15, -0.1) is 0 Å². The summed E-state index contributed by atoms with van der Waals surface area (Å²) in [6, 6.07) is 8.19. The molecule has 0 fully saturated rings. The molecule has 0 aliphatic carbocycles. The summed E-state index contributed by atoms with van der Waals surface area (Å²) >= 11 is 0. The maximum absolute atomic E-state index is 11.2. The van der Waals surface area contributed by atoms with Crippen LogP contribution in [0, 0.1) is 0 Å². The van der Waals surface area contributed by atoms with E-state index >= 15 is 0 Å². The molecule has 0 aliphatic rings. The number of carbonyl (C=O) groups excluding carboxylic acids is 1. The Kier molecular flexibility index (Phi) is 16.3. The second kappa shape index (κ2) is 18.5. The molecule has 0 spiro atoms. The van der Waals surface area contributed by atoms with Gasteiger partial charge in [0.1, 0.15) is 6.61 Å². The van der Waals surface area contributed by atoms with Crippen LogP contribution in [-0.4, -0.2) is 12.5 Å². The summed E-state index contributed by atoms with van der Waals surface area (Å²) in [4.78, 5) is 11.2. The van der Waals surface area contributed by atoms with Gasteiger partial charge in [-0.25, -0.2) is 0 Å². The van der Waals surface area contributed by atoms with Crippen LogP contribution in [0.2, 0.25) is 0 Å². The highest BCUT2D eigenvalue weighted by Crippen LogP contribution is 2.14. The molecule has 0 aromatic heterocycles. The first kappa shape index (κ1) is 25.5. The molecule has 29 heavy (non-hydrogen) atoms. The van der Waals surface area contributed by atoms with E-state index in [-0.39, 0.29) is 5.97 Å². The molecule has 3 nitrogen and oxygen atoms in total. The van der Waals surface area contributed by atoms with Gasteiger partial charge in [0.15, 0.2) is 0 Å². The normalized spacial score (nSPS) is 10.8. The maximum atomic E-state index is 11.2. The standard InChI is InChI=1S/C26H45NO2/c1-3-5-6-7-8-9-10-11-12-13-14-15-16-17-22-27-25-20-18-24(19-21-25)23-29-26(28)4-2/h18-21,27H,3-17,22-23H2,1-2H3. The fourth-order valence-corrected chi connectivity index (χ4v) is 3.54. The first-order chi connectivity index (χ1) is 14.3. The monoisotopic (exact) mass is 403 g/mol. The third-order valence-corrected chi connectivity index (χ3v) is 5.50. The summed E-state index contributed by atoms with van der Waals surface area (Å²) in [7, 11) is 0. The van der Waals surface area contributed by atoms with Gasteiger partial charge in [-0.05, 0) is 24.1 Å². The first-order valence-electron chi connectivity index (χ1n) is 12.2. The van der Waals surface area contributed by atoms with Crippen LogP contribution in [0.3, 0.4) is 0 Å². The Labute approximate surface area is 180 Å². The Morgan fingerprint density at radius 2 is 1.21 bits per heavy atom. The molecule has 1 aromatic rings. The minimum Gasteiger partial charge on any atom is -0.461 e. The zero-order valence-electron chi connectivity index (χ0n) is 19.1. The van der Waals surface area contributed by atoms with Crippen molar-refractivity contribution in [2.24, 2.45) is 0 Å². The molecule has 166 valence electrons. The number of anilines is 1. The van der Waals surface area contributed by atoms with Crippen molar-refractivity contribution in [1.82, 2.24) is 0 Å². The van der Waals surface area contributed by atoms with Crippen molar-refractivity contribution < 1.29 is 9.53 Å². The van der Waals surface area contributed by atoms with Crippen molar-refractivity contribution in [2.75, 3.05) is 11.9 Å². The summed E-state index contributed by atoms with van der Waals surface area (Å²) in [5, 5.41) is 3.48. The second-order valence-corrected chi connectivity index (χ2v) is 8.23. The zero-order valence-corrected chi connectivity index (χ0v) is 19.1. The Balaban J connectivity index is 1.88. The number of ether oxygens (including phenoxy) is 1. The molecule has 0 bridgehead atoms. The van der Waals surface area contributed by atoms with Crippen LogP contribution in [0.4, 0.5) is 5.69 Å². The van der Waals surface area contributed by atoms with Gasteiger partial charge in [0, 0.05) is 18.7 Å². The Morgan fingerprint density at radius 3 is 1.69 bits per heavy atom. The summed E-state index contributed by atoms with van der Waals surface area (Å²) in [6.45, 7) is 5.49. The minimum absolute atomic E-state index is 0.148. The van der Waals surface area contributed by atoms with Crippen LogP contribution >= 0.6 is 0 Å². The number of esters is 1. The molecular weight excluding hydrogens is 358 g/mol. The van der Waals surface area contributed by atoms with Gasteiger partial charge in [-0.3, -0.25) is 4.79 Å². The summed E-state index contributed by atoms with van der Waals surface area (Å²) < 4.78 is 5.15. The van der Waals surface area contributed by atoms with Gasteiger partial charge in [0.25, 0.3) is 0 Å². The quantitative estimate of drug-likeness (QED) is 0.188. The van der Waals surface area contributed by atoms with Crippen molar-refractivity contribution >= 4 is 11.7 Å². The van der Waals surface area contributed by atoms with E-state index in [4.69, 9.17) is 4.74 Å². The molecule has 1 aromatic carbocycles. The molecule has 0 unspecified atom stereocenters. The van der Waals surface area contributed by atoms with Gasteiger partial charge >= 0.3 is 5.97 Å². The maximum Gasteiger partial charge on any atom is 0.305 e. The highest BCUT2D eigenvalue weighted by Gasteiger charge is 2.00. The fourth-order valence-electron chi connectivity index (χ4n) is 3.54. The van der Waals surface area contributed by atoms with E-state index in [1.807, 2.05) is 19.1 Å². The average molecular weight is 404 g/mol. The van der Waals surface area contributed by atoms with E-state index in [0.717, 1.165) is 17.8 Å². The Bertz CT molecular complexity index is 498. The van der Waals surface area contributed by atoms with E-state index in [2.05, 4.69) is 24.4 Å². The number of unbranched alkanes of at least 4 members (excludes halogenated alkanes) is 13. The third-order valence-electron chi connectivity index (χ3n) is 5.50. The van der Waals surface area contributed by atoms with Crippen molar-refractivity contribution in [1.29, 1.82) is 0 Å². The van der Waals surface area contributed by atoms with Crippen molar-refractivity contribution in [3.63, 3.8) is 0 Å². The third kappa shape index (κ3) is 15.1. The lowest BCUT2D eigenvalue weighted by molar-refractivity contribution is -0.144. The predicted octanol–water partition coefficient (Wildman–Crippen LogP) is 8.03. The minimum atomic E-state index is -0.148. The van der Waals surface area contributed by atoms with E-state index < -0.39 is 0 Å². The van der Waals surface area contributed by atoms with Crippen LogP contribution < -0.4 is 5.32 Å². The van der Waals surface area contributed by atoms with Gasteiger partial charge in [0.2, 0.25) is 0 Å². The average Bonchev–Trinajstić information content (AvgIpc) is 2.75. The molecule has 0 aliphatic heterocycles. The second-order valence-electron chi connectivity index (χ2n) is 8.23. The molecule has 1 rings (SSSR count). The summed E-state index contributed by atoms with van der Waals surface area (Å²) in [6.07, 6.45) is 20.0. The van der Waals surface area contributed by atoms with Crippen molar-refractivity contribution in [3.8, 4) is 0 Å². The van der Waals surface area contributed by atoms with Crippen LogP contribution in [0.25, 0.3) is 0 Å². The number of hydrogen-bond acceptors (Lipinski definition) is 3. The van der Waals surface area contributed by atoms with Crippen LogP contribution in [0.15, 0.2) is 24.3 Å². The lowest BCUT2D eigenvalue weighted by atomic mass is 10.0. The van der Waals surface area contributed by atoms with E-state index in [9.17, 15) is 4.79 Å². The number of rotatable bonds is 19. The number of nitrogens with one attached hydrogen (secondary N) is 1. The summed E-state index contributed by atoms with van der Waals surface area (Å²) in [5.74, 6) is -0.148. The van der Waals surface area contributed by atoms with E-state index in [1.54, 1.807) is 0 Å². The Hall–Kier alpha value is -1.51. The predicted molar refractivity (Wildman–Crippen MR) is 125 cm³/mol. The van der Waals surface area contributed by atoms with Gasteiger partial charge in [0.05, 0.1) is 0 Å². The number of carbonyl (C=O) groups is 1. The van der Waals surface area contributed by atoms with Crippen LogP contribution in [0.5, 0.6) is 0 Å². The van der Waals surface area contributed by atoms with Crippen LogP contribution in [0.1, 0.15) is 116 Å². The van der Waals surface area contributed by atoms with Gasteiger partial charge in [-0.2, -0.15) is 0 Å². The molecule has 0 radical (unpaired) electrons. The van der Waals surface area contributed by atoms with Crippen molar-refractivity contribution in [2.45, 2.75) is 117 Å². The fraction of sp³-hybridized carbons (Fsp3) is 0.731. The zero-order chi connectivity index (χ0) is 21.0. The lowest BCUT2D eigenvalue weighted by Gasteiger charge is -2.08. The molecule has 0 heterocycles. The molecule has 0 atom stereocenters. The SMILES string of the molecule is CCCCCCCCCCCCCCCCNc1ccc(COC(=O)CC)cc1. The first-order valence-corrected chi connectivity index (χ1v) is 12.2. The molecule has 1 N–H and O–H groups in total. The molecule has 0 amide bonds. The molecular formula is C26H45NO2. The topological polar surface area (TPSA) is 38.3 Å². The van der Waals surface area contributed by atoms with Gasteiger partial charge in [-0.1, -0.05) is 109 Å². The smallest absolute Gasteiger partial charge is 0.305 e. The highest BCUT2D eigenvalue weighted by molar-refractivity contribution is 5.68. The molecule has 0 saturated carbocycles. The Morgan fingerprint density at radius 1 is 0.724 bits per heavy atom. The molecule has 0 saturated heterocycles. The van der Waals surface area contributed by atoms with Gasteiger partial charge < -0.3 is 10.1 Å². The lowest BCUT2D eigenvalue weighted by Crippen LogP contribution is -2.03. The van der Waals surface area contributed by atoms with Crippen LogP contribution in [-0.2, 0) is 16.1 Å². The highest BCUT2D eigenvalue weighted by atomic mass is 16.5.